The van der Waals surface area contributed by atoms with Gasteiger partial charge in [-0.25, -0.2) is 0 Å². The topological polar surface area (TPSA) is 0 Å². The van der Waals surface area contributed by atoms with Crippen molar-refractivity contribution in [3.8, 4) is 0 Å². The van der Waals surface area contributed by atoms with Crippen molar-refractivity contribution in [2.45, 2.75) is 13.8 Å². The van der Waals surface area contributed by atoms with Crippen LogP contribution in [0.4, 0.5) is 0 Å². The minimum atomic E-state index is 0.179. The number of allylic oxidation sites excluding steroid dienone is 4. The normalized spacial score (nSPS) is 29.0. The van der Waals surface area contributed by atoms with Crippen LogP contribution in [0.2, 0.25) is 0 Å². The maximum atomic E-state index is 4.03. The zero-order valence-electron chi connectivity index (χ0n) is 6.72. The lowest BCUT2D eigenvalue weighted by molar-refractivity contribution is 0.577. The molecule has 0 heteroatoms. The van der Waals surface area contributed by atoms with Crippen LogP contribution in [0.1, 0.15) is 13.8 Å². The zero-order chi connectivity index (χ0) is 7.78. The van der Waals surface area contributed by atoms with E-state index in [9.17, 15) is 0 Å². The third-order valence-electron chi connectivity index (χ3n) is 2.20. The molecule has 0 aromatic rings. The summed E-state index contributed by atoms with van der Waals surface area (Å²) in [6.45, 7) is 12.1. The molecule has 1 aliphatic carbocycles. The number of rotatable bonds is 1. The van der Waals surface area contributed by atoms with Gasteiger partial charge in [0.15, 0.2) is 0 Å². The molecule has 0 bridgehead atoms. The van der Waals surface area contributed by atoms with Gasteiger partial charge in [-0.15, -0.1) is 6.58 Å². The van der Waals surface area contributed by atoms with E-state index in [1.807, 2.05) is 6.08 Å². The Hall–Kier alpha value is -0.780. The lowest BCUT2D eigenvalue weighted by atomic mass is 9.85. The van der Waals surface area contributed by atoms with E-state index in [1.54, 1.807) is 0 Å². The summed E-state index contributed by atoms with van der Waals surface area (Å²) >= 11 is 0. The molecule has 0 fully saturated rings. The van der Waals surface area contributed by atoms with Crippen LogP contribution >= 0.6 is 0 Å². The van der Waals surface area contributed by atoms with Crippen LogP contribution in [-0.2, 0) is 0 Å². The Morgan fingerprint density at radius 2 is 2.20 bits per heavy atom. The molecule has 1 atom stereocenters. The average Bonchev–Trinajstić information content (AvgIpc) is 2.10. The van der Waals surface area contributed by atoms with Gasteiger partial charge in [0, 0.05) is 11.3 Å². The standard InChI is InChI=1S/C10H14/c1-5-9-6-7-10(3,4)8(9)2/h5-7,9H,1-2H2,3-4H3. The van der Waals surface area contributed by atoms with E-state index < -0.39 is 0 Å². The predicted molar refractivity (Wildman–Crippen MR) is 45.7 cm³/mol. The van der Waals surface area contributed by atoms with Crippen LogP contribution in [0.25, 0.3) is 0 Å². The Morgan fingerprint density at radius 3 is 2.40 bits per heavy atom. The Labute approximate surface area is 62.9 Å². The van der Waals surface area contributed by atoms with Crippen LogP contribution in [0.5, 0.6) is 0 Å². The van der Waals surface area contributed by atoms with Gasteiger partial charge in [-0.2, -0.15) is 0 Å². The van der Waals surface area contributed by atoms with Gasteiger partial charge >= 0.3 is 0 Å². The van der Waals surface area contributed by atoms with Crippen molar-refractivity contribution in [3.05, 3.63) is 37.0 Å². The quantitative estimate of drug-likeness (QED) is 0.484. The second kappa shape index (κ2) is 2.12. The summed E-state index contributed by atoms with van der Waals surface area (Å²) in [6, 6.07) is 0. The first-order valence-electron chi connectivity index (χ1n) is 3.59. The highest BCUT2D eigenvalue weighted by Gasteiger charge is 2.27. The van der Waals surface area contributed by atoms with Crippen molar-refractivity contribution in [1.82, 2.24) is 0 Å². The molecular formula is C10H14. The monoisotopic (exact) mass is 134 g/mol. The van der Waals surface area contributed by atoms with Crippen molar-refractivity contribution < 1.29 is 0 Å². The smallest absolute Gasteiger partial charge is 0.0160 e. The maximum absolute atomic E-state index is 4.03. The van der Waals surface area contributed by atoms with Crippen LogP contribution in [0.3, 0.4) is 0 Å². The molecule has 1 rings (SSSR count). The van der Waals surface area contributed by atoms with Crippen molar-refractivity contribution in [1.29, 1.82) is 0 Å². The first kappa shape index (κ1) is 7.33. The molecule has 0 amide bonds. The van der Waals surface area contributed by atoms with Gasteiger partial charge in [0.2, 0.25) is 0 Å². The van der Waals surface area contributed by atoms with E-state index in [0.29, 0.717) is 5.92 Å². The van der Waals surface area contributed by atoms with Gasteiger partial charge in [-0.1, -0.05) is 44.2 Å². The molecule has 0 heterocycles. The van der Waals surface area contributed by atoms with E-state index >= 15 is 0 Å². The molecule has 10 heavy (non-hydrogen) atoms. The first-order chi connectivity index (χ1) is 4.58. The molecule has 0 N–H and O–H groups in total. The van der Waals surface area contributed by atoms with Crippen LogP contribution in [0, 0.1) is 11.3 Å². The average molecular weight is 134 g/mol. The van der Waals surface area contributed by atoms with Crippen molar-refractivity contribution in [2.24, 2.45) is 11.3 Å². The fraction of sp³-hybridized carbons (Fsp3) is 0.400. The highest BCUT2D eigenvalue weighted by atomic mass is 14.3. The minimum absolute atomic E-state index is 0.179. The lowest BCUT2D eigenvalue weighted by Crippen LogP contribution is -2.08. The maximum Gasteiger partial charge on any atom is 0.0160 e. The van der Waals surface area contributed by atoms with Crippen molar-refractivity contribution >= 4 is 0 Å². The van der Waals surface area contributed by atoms with Crippen LogP contribution < -0.4 is 0 Å². The Bertz CT molecular complexity index is 194. The van der Waals surface area contributed by atoms with Gasteiger partial charge in [0.1, 0.15) is 0 Å². The molecule has 0 saturated carbocycles. The summed E-state index contributed by atoms with van der Waals surface area (Å²) in [5.41, 5.74) is 1.43. The van der Waals surface area contributed by atoms with E-state index in [1.165, 1.54) is 5.57 Å². The molecule has 0 aromatic heterocycles. The molecule has 1 aliphatic rings. The first-order valence-corrected chi connectivity index (χ1v) is 3.59. The molecule has 0 nitrogen and oxygen atoms in total. The Kier molecular flexibility index (Phi) is 1.55. The van der Waals surface area contributed by atoms with Gasteiger partial charge in [-0.3, -0.25) is 0 Å². The molecule has 0 aliphatic heterocycles. The van der Waals surface area contributed by atoms with Gasteiger partial charge in [0.25, 0.3) is 0 Å². The van der Waals surface area contributed by atoms with Crippen molar-refractivity contribution in [2.75, 3.05) is 0 Å². The fourth-order valence-electron chi connectivity index (χ4n) is 1.22. The summed E-state index contributed by atoms with van der Waals surface area (Å²) in [5.74, 6) is 0.398. The molecule has 54 valence electrons. The van der Waals surface area contributed by atoms with E-state index in [-0.39, 0.29) is 5.41 Å². The van der Waals surface area contributed by atoms with Crippen LogP contribution in [-0.4, -0.2) is 0 Å². The summed E-state index contributed by atoms with van der Waals surface area (Å²) in [5, 5.41) is 0. The van der Waals surface area contributed by atoms with E-state index in [4.69, 9.17) is 0 Å². The summed E-state index contributed by atoms with van der Waals surface area (Å²) < 4.78 is 0. The number of hydrogen-bond donors (Lipinski definition) is 0. The third kappa shape index (κ3) is 0.942. The summed E-state index contributed by atoms with van der Waals surface area (Å²) in [6.07, 6.45) is 6.30. The zero-order valence-corrected chi connectivity index (χ0v) is 6.72. The van der Waals surface area contributed by atoms with E-state index in [0.717, 1.165) is 0 Å². The molecule has 0 spiro atoms. The highest BCUT2D eigenvalue weighted by Crippen LogP contribution is 2.39. The highest BCUT2D eigenvalue weighted by molar-refractivity contribution is 5.33. The summed E-state index contributed by atoms with van der Waals surface area (Å²) in [7, 11) is 0. The lowest BCUT2D eigenvalue weighted by Gasteiger charge is -2.19. The second-order valence-electron chi connectivity index (χ2n) is 3.37. The second-order valence-corrected chi connectivity index (χ2v) is 3.37. The molecule has 0 radical (unpaired) electrons. The SMILES string of the molecule is C=CC1C=CC(C)(C)C1=C. The largest absolute Gasteiger partial charge is 0.102 e. The number of hydrogen-bond acceptors (Lipinski definition) is 0. The molecule has 0 saturated heterocycles. The summed E-state index contributed by atoms with van der Waals surface area (Å²) in [4.78, 5) is 0. The van der Waals surface area contributed by atoms with Gasteiger partial charge in [-0.05, 0) is 0 Å². The Balaban J connectivity index is 2.87. The Morgan fingerprint density at radius 1 is 1.60 bits per heavy atom. The molecule has 1 unspecified atom stereocenters. The van der Waals surface area contributed by atoms with Crippen molar-refractivity contribution in [3.63, 3.8) is 0 Å². The van der Waals surface area contributed by atoms with Gasteiger partial charge in [0.05, 0.1) is 0 Å². The molecule has 0 aromatic carbocycles. The van der Waals surface area contributed by atoms with Gasteiger partial charge < -0.3 is 0 Å². The van der Waals surface area contributed by atoms with E-state index in [2.05, 4.69) is 39.2 Å². The third-order valence-corrected chi connectivity index (χ3v) is 2.20. The fourth-order valence-corrected chi connectivity index (χ4v) is 1.22. The molecular weight excluding hydrogens is 120 g/mol. The minimum Gasteiger partial charge on any atom is -0.102 e. The van der Waals surface area contributed by atoms with Crippen LogP contribution in [0.15, 0.2) is 37.0 Å². The predicted octanol–water partition coefficient (Wildman–Crippen LogP) is 2.94.